The van der Waals surface area contributed by atoms with Crippen LogP contribution in [0.1, 0.15) is 26.3 Å². The lowest BCUT2D eigenvalue weighted by Gasteiger charge is -2.13. The Morgan fingerprint density at radius 1 is 1.07 bits per heavy atom. The molecule has 0 aliphatic rings. The average molecular weight is 403 g/mol. The first-order valence-electron chi connectivity index (χ1n) is 7.13. The molecule has 0 saturated heterocycles. The summed E-state index contributed by atoms with van der Waals surface area (Å²) in [4.78, 5) is 23.8. The van der Waals surface area contributed by atoms with Gasteiger partial charge in [-0.25, -0.2) is 4.79 Å². The zero-order chi connectivity index (χ0) is 20.4. The van der Waals surface area contributed by atoms with Gasteiger partial charge < -0.3 is 14.6 Å². The van der Waals surface area contributed by atoms with Crippen molar-refractivity contribution < 1.29 is 40.5 Å². The largest absolute Gasteiger partial charge is 0.478 e. The first-order valence-corrected chi connectivity index (χ1v) is 8.94. The molecule has 0 spiro atoms. The predicted octanol–water partition coefficient (Wildman–Crippen LogP) is 2.99. The van der Waals surface area contributed by atoms with Crippen LogP contribution in [0.25, 0.3) is 0 Å². The van der Waals surface area contributed by atoms with Crippen LogP contribution in [-0.2, 0) is 16.3 Å². The Kier molecular flexibility index (Phi) is 5.45. The SMILES string of the molecule is CS(=O)(=O)Oc1cccc(C(=O)O)c1C(=O)Nc1ccc(C(F)(F)F)cc1. The molecule has 0 aliphatic heterocycles. The monoisotopic (exact) mass is 403 g/mol. The van der Waals surface area contributed by atoms with Crippen molar-refractivity contribution in [2.24, 2.45) is 0 Å². The summed E-state index contributed by atoms with van der Waals surface area (Å²) in [6.45, 7) is 0. The Morgan fingerprint density at radius 3 is 2.15 bits per heavy atom. The van der Waals surface area contributed by atoms with E-state index in [1.165, 1.54) is 6.07 Å². The molecule has 27 heavy (non-hydrogen) atoms. The minimum atomic E-state index is -4.56. The second kappa shape index (κ2) is 7.27. The van der Waals surface area contributed by atoms with Crippen LogP contribution >= 0.6 is 0 Å². The molecule has 0 radical (unpaired) electrons. The molecule has 0 heterocycles. The van der Waals surface area contributed by atoms with Crippen molar-refractivity contribution in [3.8, 4) is 5.75 Å². The number of hydrogen-bond acceptors (Lipinski definition) is 5. The van der Waals surface area contributed by atoms with E-state index in [2.05, 4.69) is 9.50 Å². The second-order valence-electron chi connectivity index (χ2n) is 5.30. The van der Waals surface area contributed by atoms with E-state index in [1.807, 2.05) is 0 Å². The Bertz CT molecular complexity index is 984. The first-order chi connectivity index (χ1) is 12.4. The number of carbonyl (C=O) groups is 2. The lowest BCUT2D eigenvalue weighted by atomic mass is 10.1. The molecule has 0 aromatic heterocycles. The molecular weight excluding hydrogens is 391 g/mol. The van der Waals surface area contributed by atoms with Crippen LogP contribution in [-0.4, -0.2) is 31.7 Å². The third kappa shape index (κ3) is 5.20. The number of carboxylic acids is 1. The van der Waals surface area contributed by atoms with E-state index in [4.69, 9.17) is 0 Å². The van der Waals surface area contributed by atoms with Gasteiger partial charge >= 0.3 is 22.3 Å². The number of alkyl halides is 3. The van der Waals surface area contributed by atoms with Crippen LogP contribution in [0.4, 0.5) is 18.9 Å². The van der Waals surface area contributed by atoms with Crippen LogP contribution in [0, 0.1) is 0 Å². The van der Waals surface area contributed by atoms with E-state index in [1.54, 1.807) is 0 Å². The van der Waals surface area contributed by atoms with Crippen LogP contribution in [0.5, 0.6) is 5.75 Å². The summed E-state index contributed by atoms with van der Waals surface area (Å²) in [6, 6.07) is 6.72. The predicted molar refractivity (Wildman–Crippen MR) is 88.3 cm³/mol. The molecule has 0 aliphatic carbocycles. The second-order valence-corrected chi connectivity index (χ2v) is 6.88. The number of carboxylic acid groups (broad SMARTS) is 1. The van der Waals surface area contributed by atoms with Crippen molar-refractivity contribution in [3.63, 3.8) is 0 Å². The summed E-state index contributed by atoms with van der Waals surface area (Å²) in [5, 5.41) is 11.4. The van der Waals surface area contributed by atoms with E-state index in [9.17, 15) is 36.3 Å². The molecule has 0 unspecified atom stereocenters. The summed E-state index contributed by atoms with van der Waals surface area (Å²) in [5.74, 6) is -3.11. The van der Waals surface area contributed by atoms with Gasteiger partial charge in [-0.3, -0.25) is 4.79 Å². The molecule has 0 atom stereocenters. The van der Waals surface area contributed by atoms with Crippen LogP contribution < -0.4 is 9.50 Å². The lowest BCUT2D eigenvalue weighted by molar-refractivity contribution is -0.137. The van der Waals surface area contributed by atoms with Gasteiger partial charge in [0, 0.05) is 5.69 Å². The summed E-state index contributed by atoms with van der Waals surface area (Å²) >= 11 is 0. The van der Waals surface area contributed by atoms with Gasteiger partial charge in [0.15, 0.2) is 5.75 Å². The number of amides is 1. The van der Waals surface area contributed by atoms with Crippen molar-refractivity contribution in [1.29, 1.82) is 0 Å². The van der Waals surface area contributed by atoms with Gasteiger partial charge in [0.1, 0.15) is 0 Å². The number of aromatic carboxylic acids is 1. The number of carbonyl (C=O) groups excluding carboxylic acids is 1. The van der Waals surface area contributed by atoms with Gasteiger partial charge in [-0.15, -0.1) is 0 Å². The lowest BCUT2D eigenvalue weighted by Crippen LogP contribution is -2.19. The summed E-state index contributed by atoms with van der Waals surface area (Å²) in [6.07, 6.45) is -3.85. The highest BCUT2D eigenvalue weighted by atomic mass is 32.2. The smallest absolute Gasteiger partial charge is 0.416 e. The van der Waals surface area contributed by atoms with Crippen molar-refractivity contribution in [1.82, 2.24) is 0 Å². The number of rotatable bonds is 5. The highest BCUT2D eigenvalue weighted by molar-refractivity contribution is 7.86. The molecule has 0 saturated carbocycles. The normalized spacial score (nSPS) is 11.7. The zero-order valence-electron chi connectivity index (χ0n) is 13.6. The molecule has 2 aromatic carbocycles. The van der Waals surface area contributed by atoms with Crippen LogP contribution in [0.2, 0.25) is 0 Å². The van der Waals surface area contributed by atoms with Crippen LogP contribution in [0.15, 0.2) is 42.5 Å². The Morgan fingerprint density at radius 2 is 1.67 bits per heavy atom. The van der Waals surface area contributed by atoms with Gasteiger partial charge in [-0.2, -0.15) is 21.6 Å². The van der Waals surface area contributed by atoms with Gasteiger partial charge in [-0.05, 0) is 36.4 Å². The third-order valence-corrected chi connectivity index (χ3v) is 3.68. The molecule has 7 nitrogen and oxygen atoms in total. The Hall–Kier alpha value is -3.08. The maximum Gasteiger partial charge on any atom is 0.416 e. The van der Waals surface area contributed by atoms with Gasteiger partial charge in [0.25, 0.3) is 5.91 Å². The molecule has 11 heteroatoms. The maximum absolute atomic E-state index is 12.6. The number of anilines is 1. The Labute approximate surface area is 151 Å². The highest BCUT2D eigenvalue weighted by Crippen LogP contribution is 2.30. The molecule has 2 rings (SSSR count). The number of hydrogen-bond donors (Lipinski definition) is 2. The third-order valence-electron chi connectivity index (χ3n) is 3.19. The van der Waals surface area contributed by atoms with Gasteiger partial charge in [-0.1, -0.05) is 6.07 Å². The minimum Gasteiger partial charge on any atom is -0.478 e. The Balaban J connectivity index is 2.41. The van der Waals surface area contributed by atoms with Crippen molar-refractivity contribution in [2.75, 3.05) is 11.6 Å². The zero-order valence-corrected chi connectivity index (χ0v) is 14.4. The summed E-state index contributed by atoms with van der Waals surface area (Å²) in [5.41, 5.74) is -2.12. The fourth-order valence-corrected chi connectivity index (χ4v) is 2.58. The molecule has 2 aromatic rings. The topological polar surface area (TPSA) is 110 Å². The first kappa shape index (κ1) is 20.2. The van der Waals surface area contributed by atoms with E-state index >= 15 is 0 Å². The fourth-order valence-electron chi connectivity index (χ4n) is 2.11. The quantitative estimate of drug-likeness (QED) is 0.743. The molecule has 1 amide bonds. The van der Waals surface area contributed by atoms with Gasteiger partial charge in [0.05, 0.1) is 22.9 Å². The molecule has 2 N–H and O–H groups in total. The van der Waals surface area contributed by atoms with Gasteiger partial charge in [0.2, 0.25) is 0 Å². The standard InChI is InChI=1S/C16H12F3NO6S/c1-27(24,25)26-12-4-2-3-11(15(22)23)13(12)14(21)20-10-7-5-9(6-8-10)16(17,18)19/h2-8H,1H3,(H,20,21)(H,22,23). The van der Waals surface area contributed by atoms with E-state index < -0.39 is 50.6 Å². The van der Waals surface area contributed by atoms with Crippen molar-refractivity contribution >= 4 is 27.7 Å². The molecule has 144 valence electrons. The van der Waals surface area contributed by atoms with Crippen LogP contribution in [0.3, 0.4) is 0 Å². The molecule has 0 bridgehead atoms. The number of nitrogens with one attached hydrogen (secondary N) is 1. The summed E-state index contributed by atoms with van der Waals surface area (Å²) < 4.78 is 65.0. The number of benzene rings is 2. The average Bonchev–Trinajstić information content (AvgIpc) is 2.52. The fraction of sp³-hybridized carbons (Fsp3) is 0.125. The molecule has 0 fully saturated rings. The van der Waals surface area contributed by atoms with E-state index in [0.717, 1.165) is 36.4 Å². The molecular formula is C16H12F3NO6S. The van der Waals surface area contributed by atoms with E-state index in [-0.39, 0.29) is 5.69 Å². The maximum atomic E-state index is 12.6. The highest BCUT2D eigenvalue weighted by Gasteiger charge is 2.30. The summed E-state index contributed by atoms with van der Waals surface area (Å²) in [7, 11) is -4.07. The number of halogens is 3. The van der Waals surface area contributed by atoms with E-state index in [0.29, 0.717) is 6.26 Å². The van der Waals surface area contributed by atoms with Crippen molar-refractivity contribution in [3.05, 3.63) is 59.2 Å². The van der Waals surface area contributed by atoms with Crippen molar-refractivity contribution in [2.45, 2.75) is 6.18 Å². The minimum absolute atomic E-state index is 0.0569.